The Hall–Kier alpha value is -0.0800. The molecule has 0 aromatic heterocycles. The molecule has 0 aliphatic rings. The standard InChI is InChI=1S/C11H26N2/c1-4-5-6-8-12-9-7-10-13-11(2)3/h11-13H,4-10H2,1-3H3. The fourth-order valence-electron chi connectivity index (χ4n) is 1.23. The lowest BCUT2D eigenvalue weighted by Gasteiger charge is -2.08. The minimum Gasteiger partial charge on any atom is -0.317 e. The number of hydrogen-bond acceptors (Lipinski definition) is 2. The summed E-state index contributed by atoms with van der Waals surface area (Å²) in [6, 6.07) is 0.625. The molecule has 0 spiro atoms. The second-order valence-corrected chi connectivity index (χ2v) is 3.92. The third kappa shape index (κ3) is 11.9. The highest BCUT2D eigenvalue weighted by Gasteiger charge is 1.91. The lowest BCUT2D eigenvalue weighted by atomic mass is 10.2. The van der Waals surface area contributed by atoms with Gasteiger partial charge in [0.05, 0.1) is 0 Å². The molecular weight excluding hydrogens is 160 g/mol. The van der Waals surface area contributed by atoms with Crippen molar-refractivity contribution >= 4 is 0 Å². The molecule has 0 saturated carbocycles. The highest BCUT2D eigenvalue weighted by Crippen LogP contribution is 1.90. The van der Waals surface area contributed by atoms with E-state index in [1.54, 1.807) is 0 Å². The summed E-state index contributed by atoms with van der Waals surface area (Å²) in [6.07, 6.45) is 5.24. The van der Waals surface area contributed by atoms with E-state index in [2.05, 4.69) is 31.4 Å². The Morgan fingerprint density at radius 2 is 1.62 bits per heavy atom. The summed E-state index contributed by atoms with van der Waals surface area (Å²) in [6.45, 7) is 10.1. The molecule has 13 heavy (non-hydrogen) atoms. The molecule has 0 aromatic carbocycles. The van der Waals surface area contributed by atoms with Crippen molar-refractivity contribution in [2.45, 2.75) is 52.5 Å². The van der Waals surface area contributed by atoms with Crippen LogP contribution in [0.25, 0.3) is 0 Å². The van der Waals surface area contributed by atoms with Crippen LogP contribution in [0, 0.1) is 0 Å². The number of rotatable bonds is 9. The van der Waals surface area contributed by atoms with Crippen LogP contribution in [0.1, 0.15) is 46.5 Å². The van der Waals surface area contributed by atoms with E-state index in [1.807, 2.05) is 0 Å². The van der Waals surface area contributed by atoms with E-state index >= 15 is 0 Å². The van der Waals surface area contributed by atoms with Gasteiger partial charge >= 0.3 is 0 Å². The van der Waals surface area contributed by atoms with Gasteiger partial charge in [0.25, 0.3) is 0 Å². The van der Waals surface area contributed by atoms with Gasteiger partial charge in [-0.2, -0.15) is 0 Å². The second kappa shape index (κ2) is 10.0. The van der Waals surface area contributed by atoms with Crippen LogP contribution in [-0.4, -0.2) is 25.7 Å². The van der Waals surface area contributed by atoms with Crippen LogP contribution >= 0.6 is 0 Å². The Morgan fingerprint density at radius 1 is 0.923 bits per heavy atom. The van der Waals surface area contributed by atoms with Crippen LogP contribution in [0.2, 0.25) is 0 Å². The van der Waals surface area contributed by atoms with Gasteiger partial charge in [0, 0.05) is 6.04 Å². The zero-order valence-corrected chi connectivity index (χ0v) is 9.53. The average Bonchev–Trinajstić information content (AvgIpc) is 2.09. The minimum absolute atomic E-state index is 0.625. The fraction of sp³-hybridized carbons (Fsp3) is 1.00. The first-order chi connectivity index (χ1) is 6.27. The van der Waals surface area contributed by atoms with Crippen molar-refractivity contribution in [1.29, 1.82) is 0 Å². The molecule has 0 unspecified atom stereocenters. The molecule has 0 radical (unpaired) electrons. The molecule has 0 rings (SSSR count). The quantitative estimate of drug-likeness (QED) is 0.539. The first-order valence-electron chi connectivity index (χ1n) is 5.71. The normalized spacial score (nSPS) is 11.1. The maximum absolute atomic E-state index is 3.45. The smallest absolute Gasteiger partial charge is 0.00103 e. The molecule has 0 fully saturated rings. The van der Waals surface area contributed by atoms with E-state index < -0.39 is 0 Å². The third-order valence-electron chi connectivity index (χ3n) is 2.04. The van der Waals surface area contributed by atoms with E-state index in [0.717, 1.165) is 13.1 Å². The monoisotopic (exact) mass is 186 g/mol. The van der Waals surface area contributed by atoms with E-state index in [-0.39, 0.29) is 0 Å². The van der Waals surface area contributed by atoms with Gasteiger partial charge in [-0.1, -0.05) is 33.6 Å². The SMILES string of the molecule is CCCCCNCCCNC(C)C. The van der Waals surface area contributed by atoms with Crippen molar-refractivity contribution in [3.63, 3.8) is 0 Å². The predicted octanol–water partition coefficient (Wildman–Crippen LogP) is 2.15. The largest absolute Gasteiger partial charge is 0.317 e. The molecular formula is C11H26N2. The number of nitrogens with one attached hydrogen (secondary N) is 2. The highest BCUT2D eigenvalue weighted by molar-refractivity contribution is 4.55. The van der Waals surface area contributed by atoms with Crippen LogP contribution in [0.5, 0.6) is 0 Å². The van der Waals surface area contributed by atoms with Gasteiger partial charge in [-0.15, -0.1) is 0 Å². The maximum atomic E-state index is 3.45. The number of unbranched alkanes of at least 4 members (excludes halogenated alkanes) is 2. The molecule has 2 heteroatoms. The van der Waals surface area contributed by atoms with Crippen LogP contribution < -0.4 is 10.6 Å². The van der Waals surface area contributed by atoms with Crippen molar-refractivity contribution in [2.75, 3.05) is 19.6 Å². The van der Waals surface area contributed by atoms with Gasteiger partial charge in [-0.25, -0.2) is 0 Å². The lowest BCUT2D eigenvalue weighted by molar-refractivity contribution is 0.539. The fourth-order valence-corrected chi connectivity index (χ4v) is 1.23. The Kier molecular flexibility index (Phi) is 9.94. The van der Waals surface area contributed by atoms with E-state index in [4.69, 9.17) is 0 Å². The van der Waals surface area contributed by atoms with Gasteiger partial charge in [-0.3, -0.25) is 0 Å². The van der Waals surface area contributed by atoms with Crippen LogP contribution in [-0.2, 0) is 0 Å². The molecule has 80 valence electrons. The Bertz CT molecular complexity index is 92.1. The topological polar surface area (TPSA) is 24.1 Å². The predicted molar refractivity (Wildman–Crippen MR) is 60.2 cm³/mol. The molecule has 2 N–H and O–H groups in total. The van der Waals surface area contributed by atoms with Gasteiger partial charge in [0.1, 0.15) is 0 Å². The first-order valence-corrected chi connectivity index (χ1v) is 5.71. The van der Waals surface area contributed by atoms with Crippen LogP contribution in [0.3, 0.4) is 0 Å². The Balaban J connectivity index is 2.84. The van der Waals surface area contributed by atoms with Crippen molar-refractivity contribution in [1.82, 2.24) is 10.6 Å². The summed E-state index contributed by atoms with van der Waals surface area (Å²) >= 11 is 0. The zero-order chi connectivity index (χ0) is 9.94. The summed E-state index contributed by atoms with van der Waals surface area (Å²) < 4.78 is 0. The van der Waals surface area contributed by atoms with Crippen molar-refractivity contribution < 1.29 is 0 Å². The molecule has 0 amide bonds. The molecule has 0 bridgehead atoms. The molecule has 2 nitrogen and oxygen atoms in total. The summed E-state index contributed by atoms with van der Waals surface area (Å²) in [5, 5.41) is 6.86. The third-order valence-corrected chi connectivity index (χ3v) is 2.04. The highest BCUT2D eigenvalue weighted by atomic mass is 14.9. The molecule has 0 atom stereocenters. The van der Waals surface area contributed by atoms with Crippen LogP contribution in [0.4, 0.5) is 0 Å². The zero-order valence-electron chi connectivity index (χ0n) is 9.53. The molecule has 0 saturated heterocycles. The van der Waals surface area contributed by atoms with Crippen LogP contribution in [0.15, 0.2) is 0 Å². The van der Waals surface area contributed by atoms with Gasteiger partial charge < -0.3 is 10.6 Å². The molecule has 0 aromatic rings. The lowest BCUT2D eigenvalue weighted by Crippen LogP contribution is -2.27. The van der Waals surface area contributed by atoms with Crippen molar-refractivity contribution in [2.24, 2.45) is 0 Å². The van der Waals surface area contributed by atoms with E-state index in [9.17, 15) is 0 Å². The van der Waals surface area contributed by atoms with E-state index in [1.165, 1.54) is 32.2 Å². The first kappa shape index (κ1) is 12.9. The van der Waals surface area contributed by atoms with E-state index in [0.29, 0.717) is 6.04 Å². The second-order valence-electron chi connectivity index (χ2n) is 3.92. The average molecular weight is 186 g/mol. The Morgan fingerprint density at radius 3 is 2.23 bits per heavy atom. The Labute approximate surface area is 83.5 Å². The summed E-state index contributed by atoms with van der Waals surface area (Å²) in [7, 11) is 0. The van der Waals surface area contributed by atoms with Gasteiger partial charge in [-0.05, 0) is 32.5 Å². The maximum Gasteiger partial charge on any atom is 0.00103 e. The molecule has 0 aliphatic carbocycles. The summed E-state index contributed by atoms with van der Waals surface area (Å²) in [4.78, 5) is 0. The van der Waals surface area contributed by atoms with Gasteiger partial charge in [0.15, 0.2) is 0 Å². The van der Waals surface area contributed by atoms with Crippen molar-refractivity contribution in [3.8, 4) is 0 Å². The van der Waals surface area contributed by atoms with Crippen molar-refractivity contribution in [3.05, 3.63) is 0 Å². The summed E-state index contributed by atoms with van der Waals surface area (Å²) in [5.41, 5.74) is 0. The molecule has 0 heterocycles. The summed E-state index contributed by atoms with van der Waals surface area (Å²) in [5.74, 6) is 0. The number of hydrogen-bond donors (Lipinski definition) is 2. The minimum atomic E-state index is 0.625. The van der Waals surface area contributed by atoms with Gasteiger partial charge in [0.2, 0.25) is 0 Å². The molecule has 0 aliphatic heterocycles.